The van der Waals surface area contributed by atoms with Crippen molar-refractivity contribution < 1.29 is 8.42 Å². The first-order valence-electron chi connectivity index (χ1n) is 5.37. The van der Waals surface area contributed by atoms with Gasteiger partial charge in [-0.1, -0.05) is 40.6 Å². The summed E-state index contributed by atoms with van der Waals surface area (Å²) in [6.45, 7) is 0.488. The van der Waals surface area contributed by atoms with E-state index in [4.69, 9.17) is 11.6 Å². The van der Waals surface area contributed by atoms with E-state index in [1.807, 2.05) is 0 Å². The Morgan fingerprint density at radius 2 is 1.76 bits per heavy atom. The number of hydrogen-bond acceptors (Lipinski definition) is 2. The van der Waals surface area contributed by atoms with Gasteiger partial charge in [0.05, 0.1) is 4.90 Å². The fourth-order valence-electron chi connectivity index (χ4n) is 1.30. The number of unbranched alkanes of at least 4 members (excludes halogenated alkanes) is 2. The van der Waals surface area contributed by atoms with Gasteiger partial charge in [0, 0.05) is 11.6 Å². The Balaban J connectivity index is 2.48. The highest BCUT2D eigenvalue weighted by atomic mass is 127. The highest BCUT2D eigenvalue weighted by molar-refractivity contribution is 14.1. The van der Waals surface area contributed by atoms with E-state index in [0.29, 0.717) is 11.6 Å². The quantitative estimate of drug-likeness (QED) is 0.443. The smallest absolute Gasteiger partial charge is 0.211 e. The maximum absolute atomic E-state index is 11.8. The van der Waals surface area contributed by atoms with E-state index in [2.05, 4.69) is 27.3 Å². The zero-order valence-corrected chi connectivity index (χ0v) is 13.1. The second kappa shape index (κ2) is 7.56. The SMILES string of the molecule is O=S(=O)(NCCCCCI)c1ccc(Cl)cc1. The summed E-state index contributed by atoms with van der Waals surface area (Å²) in [5.74, 6) is 0. The van der Waals surface area contributed by atoms with Gasteiger partial charge in [0.2, 0.25) is 10.0 Å². The summed E-state index contributed by atoms with van der Waals surface area (Å²) in [5, 5.41) is 0.533. The first kappa shape index (κ1) is 15.2. The highest BCUT2D eigenvalue weighted by Crippen LogP contribution is 2.13. The molecule has 0 aromatic heterocycles. The molecule has 0 amide bonds. The van der Waals surface area contributed by atoms with Crippen LogP contribution < -0.4 is 4.72 Å². The summed E-state index contributed by atoms with van der Waals surface area (Å²) < 4.78 is 27.3. The molecule has 3 nitrogen and oxygen atoms in total. The van der Waals surface area contributed by atoms with Crippen LogP contribution in [0.3, 0.4) is 0 Å². The fraction of sp³-hybridized carbons (Fsp3) is 0.455. The number of hydrogen-bond donors (Lipinski definition) is 1. The Bertz CT molecular complexity index is 433. The summed E-state index contributed by atoms with van der Waals surface area (Å²) in [7, 11) is -3.37. The van der Waals surface area contributed by atoms with E-state index in [0.717, 1.165) is 23.7 Å². The second-order valence-electron chi connectivity index (χ2n) is 3.60. The largest absolute Gasteiger partial charge is 0.240 e. The minimum Gasteiger partial charge on any atom is -0.211 e. The van der Waals surface area contributed by atoms with Crippen LogP contribution in [0.1, 0.15) is 19.3 Å². The van der Waals surface area contributed by atoms with Gasteiger partial charge in [-0.2, -0.15) is 0 Å². The lowest BCUT2D eigenvalue weighted by Crippen LogP contribution is -2.24. The second-order valence-corrected chi connectivity index (χ2v) is 6.88. The summed E-state index contributed by atoms with van der Waals surface area (Å²) in [6, 6.07) is 6.17. The maximum Gasteiger partial charge on any atom is 0.240 e. The van der Waals surface area contributed by atoms with Crippen LogP contribution >= 0.6 is 34.2 Å². The Morgan fingerprint density at radius 3 is 2.35 bits per heavy atom. The zero-order chi connectivity index (χ0) is 12.7. The van der Waals surface area contributed by atoms with Gasteiger partial charge in [0.15, 0.2) is 0 Å². The molecule has 0 saturated heterocycles. The molecule has 0 heterocycles. The Morgan fingerprint density at radius 1 is 1.12 bits per heavy atom. The third kappa shape index (κ3) is 5.54. The van der Waals surface area contributed by atoms with Gasteiger partial charge in [-0.25, -0.2) is 13.1 Å². The van der Waals surface area contributed by atoms with E-state index in [1.54, 1.807) is 12.1 Å². The first-order chi connectivity index (χ1) is 8.06. The fourth-order valence-corrected chi connectivity index (χ4v) is 3.04. The summed E-state index contributed by atoms with van der Waals surface area (Å²) >= 11 is 8.02. The maximum atomic E-state index is 11.8. The van der Waals surface area contributed by atoms with Gasteiger partial charge in [0.25, 0.3) is 0 Å². The summed E-state index contributed by atoms with van der Waals surface area (Å²) in [4.78, 5) is 0.260. The highest BCUT2D eigenvalue weighted by Gasteiger charge is 2.12. The summed E-state index contributed by atoms with van der Waals surface area (Å²) in [6.07, 6.45) is 3.05. The van der Waals surface area contributed by atoms with Crippen LogP contribution in [0.15, 0.2) is 29.2 Å². The molecule has 0 aliphatic rings. The molecule has 96 valence electrons. The van der Waals surface area contributed by atoms with Crippen molar-refractivity contribution in [3.63, 3.8) is 0 Å². The van der Waals surface area contributed by atoms with Crippen molar-refractivity contribution in [3.8, 4) is 0 Å². The molecule has 1 N–H and O–H groups in total. The average molecular weight is 388 g/mol. The monoisotopic (exact) mass is 387 g/mol. The Labute approximate surface area is 121 Å². The van der Waals surface area contributed by atoms with Gasteiger partial charge in [-0.3, -0.25) is 0 Å². The van der Waals surface area contributed by atoms with Crippen molar-refractivity contribution in [1.29, 1.82) is 0 Å². The molecule has 0 aliphatic heterocycles. The lowest BCUT2D eigenvalue weighted by molar-refractivity contribution is 0.576. The van der Waals surface area contributed by atoms with Crippen LogP contribution in [0.25, 0.3) is 0 Å². The third-order valence-electron chi connectivity index (χ3n) is 2.23. The molecular weight excluding hydrogens is 373 g/mol. The predicted octanol–water partition coefficient (Wildman–Crippen LogP) is 3.22. The van der Waals surface area contributed by atoms with Crippen LogP contribution in [-0.4, -0.2) is 19.4 Å². The summed E-state index contributed by atoms with van der Waals surface area (Å²) in [5.41, 5.74) is 0. The molecular formula is C11H15ClINO2S. The number of sulfonamides is 1. The van der Waals surface area contributed by atoms with Gasteiger partial charge in [0.1, 0.15) is 0 Å². The van der Waals surface area contributed by atoms with E-state index in [-0.39, 0.29) is 4.90 Å². The molecule has 6 heteroatoms. The van der Waals surface area contributed by atoms with Gasteiger partial charge in [-0.15, -0.1) is 0 Å². The molecule has 0 atom stereocenters. The minimum atomic E-state index is -3.37. The lowest BCUT2D eigenvalue weighted by Gasteiger charge is -2.06. The van der Waals surface area contributed by atoms with Crippen molar-refractivity contribution in [2.24, 2.45) is 0 Å². The first-order valence-corrected chi connectivity index (χ1v) is 8.76. The van der Waals surface area contributed by atoms with E-state index in [9.17, 15) is 8.42 Å². The average Bonchev–Trinajstić information content (AvgIpc) is 2.29. The number of halogens is 2. The van der Waals surface area contributed by atoms with Crippen molar-refractivity contribution in [2.45, 2.75) is 24.2 Å². The van der Waals surface area contributed by atoms with E-state index < -0.39 is 10.0 Å². The van der Waals surface area contributed by atoms with Crippen LogP contribution in [0.4, 0.5) is 0 Å². The van der Waals surface area contributed by atoms with Crippen LogP contribution in [-0.2, 0) is 10.0 Å². The normalized spacial score (nSPS) is 11.6. The molecule has 0 spiro atoms. The molecule has 0 radical (unpaired) electrons. The standard InChI is InChI=1S/C11H15ClINO2S/c12-10-4-6-11(7-5-10)17(15,16)14-9-3-1-2-8-13/h4-7,14H,1-3,8-9H2. The van der Waals surface area contributed by atoms with E-state index >= 15 is 0 Å². The number of alkyl halides is 1. The topological polar surface area (TPSA) is 46.2 Å². The van der Waals surface area contributed by atoms with Crippen molar-refractivity contribution in [1.82, 2.24) is 4.72 Å². The van der Waals surface area contributed by atoms with Crippen molar-refractivity contribution in [2.75, 3.05) is 11.0 Å². The molecule has 0 bridgehead atoms. The third-order valence-corrected chi connectivity index (χ3v) is 4.72. The molecule has 1 rings (SSSR count). The minimum absolute atomic E-state index is 0.260. The van der Waals surface area contributed by atoms with Crippen LogP contribution in [0.5, 0.6) is 0 Å². The van der Waals surface area contributed by atoms with Gasteiger partial charge < -0.3 is 0 Å². The number of nitrogens with one attached hydrogen (secondary N) is 1. The zero-order valence-electron chi connectivity index (χ0n) is 9.33. The molecule has 0 aliphatic carbocycles. The van der Waals surface area contributed by atoms with Crippen molar-refractivity contribution >= 4 is 44.2 Å². The van der Waals surface area contributed by atoms with Gasteiger partial charge in [-0.05, 0) is 41.5 Å². The molecule has 17 heavy (non-hydrogen) atoms. The Kier molecular flexibility index (Phi) is 6.76. The molecule has 0 saturated carbocycles. The molecule has 1 aromatic rings. The van der Waals surface area contributed by atoms with Crippen LogP contribution in [0.2, 0.25) is 5.02 Å². The van der Waals surface area contributed by atoms with E-state index in [1.165, 1.54) is 12.1 Å². The number of rotatable bonds is 7. The molecule has 0 unspecified atom stereocenters. The van der Waals surface area contributed by atoms with Crippen LogP contribution in [0, 0.1) is 0 Å². The van der Waals surface area contributed by atoms with Gasteiger partial charge >= 0.3 is 0 Å². The Hall–Kier alpha value is 0.150. The predicted molar refractivity (Wildman–Crippen MR) is 79.4 cm³/mol. The lowest BCUT2D eigenvalue weighted by atomic mass is 10.3. The molecule has 0 fully saturated rings. The number of benzene rings is 1. The molecule has 1 aromatic carbocycles. The van der Waals surface area contributed by atoms with Crippen molar-refractivity contribution in [3.05, 3.63) is 29.3 Å².